The molecule has 0 bridgehead atoms. The molecule has 0 unspecified atom stereocenters. The van der Waals surface area contributed by atoms with Crippen LogP contribution in [0.2, 0.25) is 0 Å². The van der Waals surface area contributed by atoms with Gasteiger partial charge in [0.25, 0.3) is 0 Å². The van der Waals surface area contributed by atoms with Crippen molar-refractivity contribution in [3.8, 4) is 10.6 Å². The van der Waals surface area contributed by atoms with Crippen LogP contribution in [0.5, 0.6) is 0 Å². The first-order chi connectivity index (χ1) is 13.7. The summed E-state index contributed by atoms with van der Waals surface area (Å²) in [6, 6.07) is 9.40. The molecule has 152 valence electrons. The van der Waals surface area contributed by atoms with Gasteiger partial charge in [-0.2, -0.15) is 0 Å². The Labute approximate surface area is 174 Å². The Bertz CT molecular complexity index is 996. The van der Waals surface area contributed by atoms with Gasteiger partial charge < -0.3 is 15.4 Å². The summed E-state index contributed by atoms with van der Waals surface area (Å²) in [5, 5.41) is 6.82. The first kappa shape index (κ1) is 20.7. The number of amides is 1. The summed E-state index contributed by atoms with van der Waals surface area (Å²) in [6.07, 6.45) is 3.07. The fourth-order valence-electron chi connectivity index (χ4n) is 2.53. The predicted octanol–water partition coefficient (Wildman–Crippen LogP) is 5.24. The van der Waals surface area contributed by atoms with E-state index in [1.54, 1.807) is 12.4 Å². The number of aryl methyl sites for hydroxylation is 1. The highest BCUT2D eigenvalue weighted by molar-refractivity contribution is 7.15. The molecule has 0 aliphatic heterocycles. The van der Waals surface area contributed by atoms with Gasteiger partial charge in [-0.05, 0) is 64.4 Å². The molecule has 8 heteroatoms. The number of carbonyl (C=O) groups is 1. The minimum Gasteiger partial charge on any atom is -0.444 e. The van der Waals surface area contributed by atoms with Crippen molar-refractivity contribution in [1.82, 2.24) is 20.3 Å². The highest BCUT2D eigenvalue weighted by Crippen LogP contribution is 2.29. The summed E-state index contributed by atoms with van der Waals surface area (Å²) >= 11 is 1.48. The summed E-state index contributed by atoms with van der Waals surface area (Å²) in [4.78, 5) is 26.3. The maximum absolute atomic E-state index is 12.0. The fraction of sp³-hybridized carbons (Fsp3) is 0.333. The number of aromatic nitrogens is 3. The largest absolute Gasteiger partial charge is 0.444 e. The van der Waals surface area contributed by atoms with E-state index < -0.39 is 11.7 Å². The number of ether oxygens (including phenoxy) is 1. The monoisotopic (exact) mass is 411 g/mol. The van der Waals surface area contributed by atoms with Gasteiger partial charge in [-0.25, -0.2) is 19.7 Å². The molecule has 3 aromatic rings. The fourth-order valence-corrected chi connectivity index (χ4v) is 3.42. The van der Waals surface area contributed by atoms with Gasteiger partial charge in [-0.15, -0.1) is 11.3 Å². The molecule has 3 aromatic heterocycles. The first-order valence-corrected chi connectivity index (χ1v) is 10.1. The third-order valence-corrected chi connectivity index (χ3v) is 5.00. The molecular weight excluding hydrogens is 386 g/mol. The Morgan fingerprint density at radius 3 is 2.69 bits per heavy atom. The highest BCUT2D eigenvalue weighted by Gasteiger charge is 2.20. The average molecular weight is 412 g/mol. The Morgan fingerprint density at radius 1 is 1.17 bits per heavy atom. The molecular formula is C21H25N5O2S. The zero-order valence-corrected chi connectivity index (χ0v) is 18.0. The molecule has 3 heterocycles. The van der Waals surface area contributed by atoms with Crippen LogP contribution in [0.3, 0.4) is 0 Å². The molecule has 3 rings (SSSR count). The number of hydrogen-bond donors (Lipinski definition) is 2. The number of thiazole rings is 1. The number of anilines is 2. The molecule has 2 N–H and O–H groups in total. The van der Waals surface area contributed by atoms with Crippen molar-refractivity contribution in [2.24, 2.45) is 0 Å². The van der Waals surface area contributed by atoms with Crippen molar-refractivity contribution < 1.29 is 9.53 Å². The van der Waals surface area contributed by atoms with Crippen LogP contribution >= 0.6 is 11.3 Å². The second-order valence-electron chi connectivity index (χ2n) is 7.68. The van der Waals surface area contributed by atoms with Crippen molar-refractivity contribution in [3.05, 3.63) is 53.3 Å². The van der Waals surface area contributed by atoms with Crippen LogP contribution in [0, 0.1) is 6.92 Å². The van der Waals surface area contributed by atoms with Gasteiger partial charge in [0.15, 0.2) is 0 Å². The lowest BCUT2D eigenvalue weighted by molar-refractivity contribution is 0.0508. The maximum Gasteiger partial charge on any atom is 0.408 e. The molecule has 7 nitrogen and oxygen atoms in total. The quantitative estimate of drug-likeness (QED) is 0.597. The van der Waals surface area contributed by atoms with Gasteiger partial charge >= 0.3 is 6.09 Å². The van der Waals surface area contributed by atoms with Gasteiger partial charge in [0.05, 0.1) is 16.6 Å². The topological polar surface area (TPSA) is 89.0 Å². The van der Waals surface area contributed by atoms with Crippen molar-refractivity contribution in [2.75, 3.05) is 5.32 Å². The Balaban J connectivity index is 1.70. The lowest BCUT2D eigenvalue weighted by Gasteiger charge is -2.21. The van der Waals surface area contributed by atoms with Gasteiger partial charge in [-0.3, -0.25) is 0 Å². The Kier molecular flexibility index (Phi) is 6.12. The maximum atomic E-state index is 12.0. The standard InChI is InChI=1S/C21H25N5O2S/c1-13-9-10-22-18(11-13)26-17-8-6-7-15(25-17)16-12-23-19(29-16)14(2)24-20(27)28-21(3,4)5/h6-12,14H,1-5H3,(H,24,27)(H,22,25,26)/t14-/m0/s1. The van der Waals surface area contributed by atoms with Gasteiger partial charge in [0.1, 0.15) is 22.2 Å². The molecule has 1 amide bonds. The third-order valence-electron chi connectivity index (χ3n) is 3.80. The molecule has 0 aliphatic rings. The van der Waals surface area contributed by atoms with Crippen molar-refractivity contribution in [3.63, 3.8) is 0 Å². The molecule has 1 atom stereocenters. The Morgan fingerprint density at radius 2 is 1.97 bits per heavy atom. The van der Waals surface area contributed by atoms with Crippen LogP contribution in [-0.4, -0.2) is 26.6 Å². The molecule has 0 spiro atoms. The van der Waals surface area contributed by atoms with Gasteiger partial charge in [-0.1, -0.05) is 6.07 Å². The minimum atomic E-state index is -0.540. The van der Waals surface area contributed by atoms with E-state index in [0.717, 1.165) is 27.0 Å². The van der Waals surface area contributed by atoms with Crippen LogP contribution in [0.4, 0.5) is 16.4 Å². The van der Waals surface area contributed by atoms with E-state index in [9.17, 15) is 4.79 Å². The number of nitrogens with one attached hydrogen (secondary N) is 2. The van der Waals surface area contributed by atoms with E-state index in [1.807, 2.05) is 65.0 Å². The SMILES string of the molecule is Cc1ccnc(Nc2cccc(-c3cnc([C@H](C)NC(=O)OC(C)(C)C)s3)n2)c1. The van der Waals surface area contributed by atoms with Crippen LogP contribution in [0.1, 0.15) is 44.3 Å². The third kappa shape index (κ3) is 5.99. The van der Waals surface area contributed by atoms with Crippen LogP contribution < -0.4 is 10.6 Å². The lowest BCUT2D eigenvalue weighted by Crippen LogP contribution is -2.33. The smallest absolute Gasteiger partial charge is 0.408 e. The lowest BCUT2D eigenvalue weighted by atomic mass is 10.2. The van der Waals surface area contributed by atoms with E-state index in [-0.39, 0.29) is 6.04 Å². The van der Waals surface area contributed by atoms with Crippen LogP contribution in [-0.2, 0) is 4.74 Å². The number of pyridine rings is 2. The summed E-state index contributed by atoms with van der Waals surface area (Å²) in [5.41, 5.74) is 1.38. The highest BCUT2D eigenvalue weighted by atomic mass is 32.1. The molecule has 0 saturated heterocycles. The van der Waals surface area contributed by atoms with Crippen LogP contribution in [0.15, 0.2) is 42.7 Å². The second kappa shape index (κ2) is 8.57. The van der Waals surface area contributed by atoms with Crippen molar-refractivity contribution >= 4 is 29.1 Å². The van der Waals surface area contributed by atoms with Gasteiger partial charge in [0, 0.05) is 12.4 Å². The first-order valence-electron chi connectivity index (χ1n) is 9.32. The van der Waals surface area contributed by atoms with Crippen LogP contribution in [0.25, 0.3) is 10.6 Å². The normalized spacial score (nSPS) is 12.3. The summed E-state index contributed by atoms with van der Waals surface area (Å²) < 4.78 is 5.30. The predicted molar refractivity (Wildman–Crippen MR) is 115 cm³/mol. The van der Waals surface area contributed by atoms with E-state index in [1.165, 1.54) is 11.3 Å². The molecule has 0 radical (unpaired) electrons. The molecule has 29 heavy (non-hydrogen) atoms. The molecule has 0 aromatic carbocycles. The summed E-state index contributed by atoms with van der Waals surface area (Å²) in [6.45, 7) is 9.39. The number of nitrogens with zero attached hydrogens (tertiary/aromatic N) is 3. The second-order valence-corrected chi connectivity index (χ2v) is 8.74. The van der Waals surface area contributed by atoms with E-state index >= 15 is 0 Å². The zero-order chi connectivity index (χ0) is 21.0. The molecule has 0 fully saturated rings. The van der Waals surface area contributed by atoms with Crippen molar-refractivity contribution in [2.45, 2.75) is 46.3 Å². The summed E-state index contributed by atoms with van der Waals surface area (Å²) in [5.74, 6) is 1.45. The van der Waals surface area contributed by atoms with Crippen molar-refractivity contribution in [1.29, 1.82) is 0 Å². The number of hydrogen-bond acceptors (Lipinski definition) is 7. The number of carbonyl (C=O) groups excluding carboxylic acids is 1. The summed E-state index contributed by atoms with van der Waals surface area (Å²) in [7, 11) is 0. The molecule has 0 saturated carbocycles. The minimum absolute atomic E-state index is 0.263. The van der Waals surface area contributed by atoms with E-state index in [2.05, 4.69) is 25.6 Å². The number of alkyl carbamates (subject to hydrolysis) is 1. The molecule has 0 aliphatic carbocycles. The van der Waals surface area contributed by atoms with Gasteiger partial charge in [0.2, 0.25) is 0 Å². The zero-order valence-electron chi connectivity index (χ0n) is 17.2. The number of rotatable bonds is 5. The van der Waals surface area contributed by atoms with E-state index in [0.29, 0.717) is 5.82 Å². The average Bonchev–Trinajstić information content (AvgIpc) is 3.10. The van der Waals surface area contributed by atoms with E-state index in [4.69, 9.17) is 4.74 Å². The Hall–Kier alpha value is -3.00.